The van der Waals surface area contributed by atoms with E-state index in [-0.39, 0.29) is 6.04 Å². The van der Waals surface area contributed by atoms with Gasteiger partial charge >= 0.3 is 0 Å². The second-order valence-corrected chi connectivity index (χ2v) is 8.95. The fraction of sp³-hybridized carbons (Fsp3) is 0.269. The van der Waals surface area contributed by atoms with Gasteiger partial charge in [-0.05, 0) is 47.4 Å². The van der Waals surface area contributed by atoms with Gasteiger partial charge < -0.3 is 4.90 Å². The van der Waals surface area contributed by atoms with Crippen LogP contribution in [0.2, 0.25) is 10.0 Å². The van der Waals surface area contributed by atoms with E-state index < -0.39 is 0 Å². The van der Waals surface area contributed by atoms with Gasteiger partial charge in [-0.25, -0.2) is 0 Å². The molecule has 3 nitrogen and oxygen atoms in total. The first-order valence-electron chi connectivity index (χ1n) is 10.5. The highest BCUT2D eigenvalue weighted by atomic mass is 35.5. The molecule has 0 spiro atoms. The quantitative estimate of drug-likeness (QED) is 0.443. The van der Waals surface area contributed by atoms with Gasteiger partial charge in [0.2, 0.25) is 0 Å². The summed E-state index contributed by atoms with van der Waals surface area (Å²) in [5.74, 6) is 0.456. The summed E-state index contributed by atoms with van der Waals surface area (Å²) >= 11 is 12.7. The van der Waals surface area contributed by atoms with Crippen LogP contribution in [-0.2, 0) is 0 Å². The number of hydrogen-bond acceptors (Lipinski definition) is 3. The summed E-state index contributed by atoms with van der Waals surface area (Å²) in [5, 5.41) is 10.5. The zero-order valence-corrected chi connectivity index (χ0v) is 19.0. The zero-order chi connectivity index (χ0) is 21.8. The third-order valence-corrected chi connectivity index (χ3v) is 6.56. The molecule has 4 rings (SSSR count). The van der Waals surface area contributed by atoms with Crippen LogP contribution in [0.25, 0.3) is 0 Å². The molecule has 0 N–H and O–H groups in total. The van der Waals surface area contributed by atoms with E-state index in [0.29, 0.717) is 16.5 Å². The van der Waals surface area contributed by atoms with Gasteiger partial charge in [-0.2, -0.15) is 5.26 Å². The Morgan fingerprint density at radius 3 is 2.42 bits per heavy atom. The number of benzene rings is 3. The Kier molecular flexibility index (Phi) is 6.83. The number of hydrogen-bond donors (Lipinski definition) is 0. The van der Waals surface area contributed by atoms with E-state index in [1.54, 1.807) is 6.07 Å². The van der Waals surface area contributed by atoms with Gasteiger partial charge in [0.05, 0.1) is 28.4 Å². The molecule has 0 amide bonds. The Morgan fingerprint density at radius 2 is 1.74 bits per heavy atom. The minimum atomic E-state index is 0.152. The Hall–Kier alpha value is -2.51. The number of piperazine rings is 1. The van der Waals surface area contributed by atoms with Gasteiger partial charge in [0, 0.05) is 31.2 Å². The molecular weight excluding hydrogens is 425 g/mol. The SMILES string of the molecule is C[C@H](CN1CCN(c2ccc(C#N)cc2Cl)C(c2ccc(Cl)cc2)C1)c1ccccc1. The molecule has 1 aliphatic heterocycles. The predicted octanol–water partition coefficient (Wildman–Crippen LogP) is 6.53. The molecule has 158 valence electrons. The Bertz CT molecular complexity index is 1060. The Balaban J connectivity index is 1.60. The topological polar surface area (TPSA) is 30.3 Å². The van der Waals surface area contributed by atoms with Crippen molar-refractivity contribution in [1.82, 2.24) is 4.90 Å². The third-order valence-electron chi connectivity index (χ3n) is 6.01. The molecule has 1 heterocycles. The molecule has 1 saturated heterocycles. The summed E-state index contributed by atoms with van der Waals surface area (Å²) in [7, 11) is 0. The van der Waals surface area contributed by atoms with Crippen LogP contribution in [0.15, 0.2) is 72.8 Å². The lowest BCUT2D eigenvalue weighted by molar-refractivity contribution is 0.214. The molecule has 2 atom stereocenters. The van der Waals surface area contributed by atoms with Crippen molar-refractivity contribution in [3.05, 3.63) is 99.5 Å². The molecule has 0 radical (unpaired) electrons. The molecule has 0 aromatic heterocycles. The maximum Gasteiger partial charge on any atom is 0.0992 e. The van der Waals surface area contributed by atoms with Crippen molar-refractivity contribution >= 4 is 28.9 Å². The van der Waals surface area contributed by atoms with Crippen LogP contribution >= 0.6 is 23.2 Å². The fourth-order valence-corrected chi connectivity index (χ4v) is 4.76. The van der Waals surface area contributed by atoms with Crippen molar-refractivity contribution in [1.29, 1.82) is 5.26 Å². The van der Waals surface area contributed by atoms with Crippen molar-refractivity contribution in [3.8, 4) is 6.07 Å². The molecule has 1 unspecified atom stereocenters. The van der Waals surface area contributed by atoms with E-state index in [4.69, 9.17) is 23.2 Å². The van der Waals surface area contributed by atoms with Crippen LogP contribution in [0.4, 0.5) is 5.69 Å². The van der Waals surface area contributed by atoms with E-state index in [0.717, 1.165) is 36.9 Å². The van der Waals surface area contributed by atoms with E-state index in [9.17, 15) is 5.26 Å². The first kappa shape index (κ1) is 21.7. The van der Waals surface area contributed by atoms with E-state index in [1.807, 2.05) is 24.3 Å². The number of rotatable bonds is 5. The highest BCUT2D eigenvalue weighted by Gasteiger charge is 2.30. The standard InChI is InChI=1S/C26H25Cl2N3/c1-19(21-5-3-2-4-6-21)17-30-13-14-31(25-12-7-20(16-29)15-24(25)28)26(18-30)22-8-10-23(27)11-9-22/h2-12,15,19,26H,13-14,17-18H2,1H3/t19-,26?/m1/s1. The molecule has 3 aromatic carbocycles. The van der Waals surface area contributed by atoms with E-state index >= 15 is 0 Å². The Morgan fingerprint density at radius 1 is 1.00 bits per heavy atom. The molecule has 1 fully saturated rings. The molecule has 3 aromatic rings. The van der Waals surface area contributed by atoms with E-state index in [1.165, 1.54) is 11.1 Å². The van der Waals surface area contributed by atoms with Crippen molar-refractivity contribution in [3.63, 3.8) is 0 Å². The summed E-state index contributed by atoms with van der Waals surface area (Å²) in [6.45, 7) is 6.01. The molecular formula is C26H25Cl2N3. The number of nitrogens with zero attached hydrogens (tertiary/aromatic N) is 3. The van der Waals surface area contributed by atoms with Gasteiger partial charge in [-0.3, -0.25) is 4.90 Å². The van der Waals surface area contributed by atoms with Crippen LogP contribution in [0.5, 0.6) is 0 Å². The van der Waals surface area contributed by atoms with Crippen LogP contribution < -0.4 is 4.90 Å². The van der Waals surface area contributed by atoms with Gasteiger partial charge in [-0.1, -0.05) is 72.6 Å². The molecule has 5 heteroatoms. The summed E-state index contributed by atoms with van der Waals surface area (Å²) < 4.78 is 0. The van der Waals surface area contributed by atoms with Crippen LogP contribution in [0.3, 0.4) is 0 Å². The van der Waals surface area contributed by atoms with Crippen LogP contribution in [0, 0.1) is 11.3 Å². The molecule has 0 bridgehead atoms. The largest absolute Gasteiger partial charge is 0.361 e. The number of anilines is 1. The van der Waals surface area contributed by atoms with E-state index in [2.05, 4.69) is 65.3 Å². The highest BCUT2D eigenvalue weighted by Crippen LogP contribution is 2.36. The van der Waals surface area contributed by atoms with Crippen molar-refractivity contribution in [2.75, 3.05) is 31.1 Å². The van der Waals surface area contributed by atoms with Crippen molar-refractivity contribution < 1.29 is 0 Å². The molecule has 1 aliphatic rings. The molecule has 31 heavy (non-hydrogen) atoms. The average molecular weight is 450 g/mol. The summed E-state index contributed by atoms with van der Waals surface area (Å²) in [5.41, 5.74) is 4.12. The summed E-state index contributed by atoms with van der Waals surface area (Å²) in [6, 6.07) is 26.6. The molecule has 0 aliphatic carbocycles. The minimum absolute atomic E-state index is 0.152. The van der Waals surface area contributed by atoms with Crippen molar-refractivity contribution in [2.45, 2.75) is 18.9 Å². The second kappa shape index (κ2) is 9.75. The van der Waals surface area contributed by atoms with Gasteiger partial charge in [0.15, 0.2) is 0 Å². The van der Waals surface area contributed by atoms with Crippen molar-refractivity contribution in [2.24, 2.45) is 0 Å². The smallest absolute Gasteiger partial charge is 0.0992 e. The lowest BCUT2D eigenvalue weighted by atomic mass is 9.97. The fourth-order valence-electron chi connectivity index (χ4n) is 4.35. The molecule has 0 saturated carbocycles. The highest BCUT2D eigenvalue weighted by molar-refractivity contribution is 6.33. The first-order chi connectivity index (χ1) is 15.0. The second-order valence-electron chi connectivity index (χ2n) is 8.11. The minimum Gasteiger partial charge on any atom is -0.361 e. The zero-order valence-electron chi connectivity index (χ0n) is 17.5. The average Bonchev–Trinajstić information content (AvgIpc) is 2.80. The normalized spacial score (nSPS) is 17.9. The maximum atomic E-state index is 9.19. The first-order valence-corrected chi connectivity index (χ1v) is 11.3. The third kappa shape index (κ3) is 5.05. The maximum absolute atomic E-state index is 9.19. The predicted molar refractivity (Wildman–Crippen MR) is 129 cm³/mol. The number of nitriles is 1. The van der Waals surface area contributed by atoms with Gasteiger partial charge in [0.25, 0.3) is 0 Å². The summed E-state index contributed by atoms with van der Waals surface area (Å²) in [6.07, 6.45) is 0. The van der Waals surface area contributed by atoms with Gasteiger partial charge in [-0.15, -0.1) is 0 Å². The monoisotopic (exact) mass is 449 g/mol. The van der Waals surface area contributed by atoms with Crippen LogP contribution in [0.1, 0.15) is 35.6 Å². The summed E-state index contributed by atoms with van der Waals surface area (Å²) in [4.78, 5) is 4.89. The van der Waals surface area contributed by atoms with Crippen LogP contribution in [-0.4, -0.2) is 31.1 Å². The lowest BCUT2D eigenvalue weighted by Gasteiger charge is -2.44. The van der Waals surface area contributed by atoms with Gasteiger partial charge in [0.1, 0.15) is 0 Å². The Labute approximate surface area is 194 Å². The number of halogens is 2. The lowest BCUT2D eigenvalue weighted by Crippen LogP contribution is -2.49.